The van der Waals surface area contributed by atoms with Crippen LogP contribution in [0.15, 0.2) is 65.6 Å². The Hall–Kier alpha value is -3.61. The first kappa shape index (κ1) is 29.9. The Labute approximate surface area is 228 Å². The fourth-order valence-electron chi connectivity index (χ4n) is 3.91. The molecule has 0 spiro atoms. The van der Waals surface area contributed by atoms with E-state index in [0.717, 1.165) is 28.6 Å². The minimum absolute atomic E-state index is 0.101. The molecule has 0 fully saturated rings. The Morgan fingerprint density at radius 2 is 1.67 bits per heavy atom. The predicted molar refractivity (Wildman–Crippen MR) is 137 cm³/mol. The summed E-state index contributed by atoms with van der Waals surface area (Å²) < 4.78 is 71.6. The molecule has 208 valence electrons. The maximum atomic E-state index is 15.0. The topological polar surface area (TPSA) is 113 Å². The number of aryl methyl sites for hydroxylation is 1. The van der Waals surface area contributed by atoms with E-state index in [4.69, 9.17) is 16.7 Å². The van der Waals surface area contributed by atoms with Crippen LogP contribution in [0.4, 0.5) is 18.9 Å². The fraction of sp³-hybridized carbons (Fsp3) is 0.231. The zero-order chi connectivity index (χ0) is 28.7. The highest BCUT2D eigenvalue weighted by molar-refractivity contribution is 7.92. The van der Waals surface area contributed by atoms with Crippen LogP contribution in [0.25, 0.3) is 0 Å². The third kappa shape index (κ3) is 7.71. The van der Waals surface area contributed by atoms with Gasteiger partial charge in [-0.25, -0.2) is 31.9 Å². The summed E-state index contributed by atoms with van der Waals surface area (Å²) in [5.74, 6) is -4.38. The lowest BCUT2D eigenvalue weighted by Gasteiger charge is -2.32. The van der Waals surface area contributed by atoms with Gasteiger partial charge in [0.15, 0.2) is 6.61 Å². The van der Waals surface area contributed by atoms with Crippen molar-refractivity contribution in [1.29, 1.82) is 0 Å². The van der Waals surface area contributed by atoms with Crippen LogP contribution < -0.4 is 9.79 Å². The molecule has 0 saturated heterocycles. The van der Waals surface area contributed by atoms with Crippen molar-refractivity contribution < 1.29 is 41.1 Å². The number of carboxylic acids is 1. The van der Waals surface area contributed by atoms with Gasteiger partial charge in [0.2, 0.25) is 5.91 Å². The third-order valence-corrected chi connectivity index (χ3v) is 7.81. The molecular weight excluding hydrogens is 561 g/mol. The van der Waals surface area contributed by atoms with E-state index in [0.29, 0.717) is 11.1 Å². The molecular formula is C26H24ClF3N2O6S. The number of nitrogens with zero attached hydrogens (tertiary/aromatic N) is 1. The molecule has 1 atom stereocenters. The first-order valence-electron chi connectivity index (χ1n) is 11.6. The van der Waals surface area contributed by atoms with E-state index in [1.54, 1.807) is 0 Å². The lowest BCUT2D eigenvalue weighted by molar-refractivity contribution is -0.149. The van der Waals surface area contributed by atoms with Gasteiger partial charge < -0.3 is 5.11 Å². The molecule has 0 aliphatic rings. The zero-order valence-electron chi connectivity index (χ0n) is 20.5. The van der Waals surface area contributed by atoms with E-state index in [-0.39, 0.29) is 29.2 Å². The summed E-state index contributed by atoms with van der Waals surface area (Å²) in [6.07, 6.45) is 0.142. The summed E-state index contributed by atoms with van der Waals surface area (Å²) in [4.78, 5) is 26.7. The summed E-state index contributed by atoms with van der Waals surface area (Å²) in [6, 6.07) is 10.0. The minimum atomic E-state index is -4.49. The van der Waals surface area contributed by atoms with E-state index in [2.05, 4.69) is 4.84 Å². The van der Waals surface area contributed by atoms with Crippen LogP contribution in [-0.4, -0.2) is 32.0 Å². The first-order chi connectivity index (χ1) is 18.4. The molecule has 1 amide bonds. The number of aliphatic carboxylic acids is 1. The van der Waals surface area contributed by atoms with Gasteiger partial charge in [0.05, 0.1) is 16.6 Å². The number of carbonyl (C=O) groups excluding carboxylic acids is 1. The molecule has 2 N–H and O–H groups in total. The Balaban J connectivity index is 1.97. The van der Waals surface area contributed by atoms with Crippen LogP contribution in [0.2, 0.25) is 5.02 Å². The fourth-order valence-corrected chi connectivity index (χ4v) is 5.68. The second-order valence-electron chi connectivity index (χ2n) is 8.43. The molecule has 0 saturated carbocycles. The minimum Gasteiger partial charge on any atom is -0.479 e. The number of amides is 1. The molecule has 0 unspecified atom stereocenters. The van der Waals surface area contributed by atoms with Crippen LogP contribution >= 0.6 is 11.6 Å². The highest BCUT2D eigenvalue weighted by Gasteiger charge is 2.33. The summed E-state index contributed by atoms with van der Waals surface area (Å²) in [7, 11) is -4.49. The van der Waals surface area contributed by atoms with Crippen LogP contribution in [0.1, 0.15) is 36.9 Å². The van der Waals surface area contributed by atoms with E-state index >= 15 is 0 Å². The molecule has 3 aromatic rings. The van der Waals surface area contributed by atoms with Crippen molar-refractivity contribution in [2.24, 2.45) is 0 Å². The SMILES string of the molecule is C[C@H](c1ccc(F)cc1CCCC(=O)NOCC(=O)O)N(c1cc(F)ccc1F)S(=O)(=O)c1ccc(Cl)cc1. The van der Waals surface area contributed by atoms with Gasteiger partial charge in [-0.15, -0.1) is 0 Å². The number of halogens is 4. The second-order valence-corrected chi connectivity index (χ2v) is 10.7. The van der Waals surface area contributed by atoms with Crippen molar-refractivity contribution in [3.05, 3.63) is 94.3 Å². The van der Waals surface area contributed by atoms with Crippen molar-refractivity contribution >= 4 is 39.2 Å². The zero-order valence-corrected chi connectivity index (χ0v) is 22.1. The van der Waals surface area contributed by atoms with Crippen molar-refractivity contribution in [2.75, 3.05) is 10.9 Å². The molecule has 0 aliphatic heterocycles. The molecule has 3 rings (SSSR count). The van der Waals surface area contributed by atoms with Crippen molar-refractivity contribution in [3.8, 4) is 0 Å². The van der Waals surface area contributed by atoms with Gasteiger partial charge in [-0.3, -0.25) is 13.9 Å². The second kappa shape index (κ2) is 13.0. The van der Waals surface area contributed by atoms with E-state index in [1.807, 2.05) is 5.48 Å². The number of carboxylic acid groups (broad SMARTS) is 1. The lowest BCUT2D eigenvalue weighted by Crippen LogP contribution is -2.35. The number of anilines is 1. The summed E-state index contributed by atoms with van der Waals surface area (Å²) >= 11 is 5.90. The van der Waals surface area contributed by atoms with Gasteiger partial charge in [0, 0.05) is 17.5 Å². The van der Waals surface area contributed by atoms with Gasteiger partial charge in [0.25, 0.3) is 10.0 Å². The van der Waals surface area contributed by atoms with Gasteiger partial charge in [0.1, 0.15) is 17.5 Å². The van der Waals surface area contributed by atoms with Crippen LogP contribution in [-0.2, 0) is 30.9 Å². The van der Waals surface area contributed by atoms with E-state index in [1.165, 1.54) is 43.3 Å². The predicted octanol–water partition coefficient (Wildman–Crippen LogP) is 5.17. The summed E-state index contributed by atoms with van der Waals surface area (Å²) in [6.45, 7) is 0.715. The highest BCUT2D eigenvalue weighted by atomic mass is 35.5. The molecule has 3 aromatic carbocycles. The Morgan fingerprint density at radius 1 is 1.03 bits per heavy atom. The maximum Gasteiger partial charge on any atom is 0.332 e. The van der Waals surface area contributed by atoms with Gasteiger partial charge in [-0.05, 0) is 79.4 Å². The summed E-state index contributed by atoms with van der Waals surface area (Å²) in [5, 5.41) is 8.82. The maximum absolute atomic E-state index is 15.0. The number of benzene rings is 3. The van der Waals surface area contributed by atoms with Crippen molar-refractivity contribution in [3.63, 3.8) is 0 Å². The number of hydrogen-bond acceptors (Lipinski definition) is 5. The molecule has 0 radical (unpaired) electrons. The third-order valence-electron chi connectivity index (χ3n) is 5.65. The highest BCUT2D eigenvalue weighted by Crippen LogP contribution is 2.37. The Morgan fingerprint density at radius 3 is 2.33 bits per heavy atom. The Kier molecular flexibility index (Phi) is 9.95. The average Bonchev–Trinajstić information content (AvgIpc) is 2.86. The standard InChI is InChI=1S/C26H24ClF3N2O6S/c1-16(22-11-7-19(28)13-17(22)3-2-4-25(33)31-38-15-26(34)35)32(24-14-20(29)8-12-23(24)30)39(36,37)21-9-5-18(27)6-10-21/h5-14,16H,2-4,15H2,1H3,(H,31,33)(H,34,35)/t16-/m1/s1. The number of nitrogens with one attached hydrogen (secondary N) is 1. The number of carbonyl (C=O) groups is 2. The number of hydrogen-bond donors (Lipinski definition) is 2. The van der Waals surface area contributed by atoms with Crippen molar-refractivity contribution in [1.82, 2.24) is 5.48 Å². The quantitative estimate of drug-likeness (QED) is 0.284. The monoisotopic (exact) mass is 584 g/mol. The molecule has 8 nitrogen and oxygen atoms in total. The molecule has 0 aromatic heterocycles. The molecule has 0 bridgehead atoms. The molecule has 0 aliphatic carbocycles. The van der Waals surface area contributed by atoms with Gasteiger partial charge in [-0.2, -0.15) is 0 Å². The summed E-state index contributed by atoms with van der Waals surface area (Å²) in [5.41, 5.74) is 2.04. The normalized spacial score (nSPS) is 12.1. The van der Waals surface area contributed by atoms with Gasteiger partial charge >= 0.3 is 5.97 Å². The molecule has 39 heavy (non-hydrogen) atoms. The number of rotatable bonds is 12. The van der Waals surface area contributed by atoms with E-state index < -0.39 is 57.7 Å². The van der Waals surface area contributed by atoms with Crippen LogP contribution in [0.3, 0.4) is 0 Å². The van der Waals surface area contributed by atoms with Crippen LogP contribution in [0.5, 0.6) is 0 Å². The van der Waals surface area contributed by atoms with Crippen LogP contribution in [0, 0.1) is 17.5 Å². The molecule has 13 heteroatoms. The first-order valence-corrected chi connectivity index (χ1v) is 13.4. The van der Waals surface area contributed by atoms with E-state index in [9.17, 15) is 31.2 Å². The molecule has 0 heterocycles. The lowest BCUT2D eigenvalue weighted by atomic mass is 9.96. The van der Waals surface area contributed by atoms with Gasteiger partial charge in [-0.1, -0.05) is 17.7 Å². The number of sulfonamides is 1. The number of hydroxylamine groups is 1. The average molecular weight is 585 g/mol. The largest absolute Gasteiger partial charge is 0.479 e. The van der Waals surface area contributed by atoms with Crippen molar-refractivity contribution in [2.45, 2.75) is 37.1 Å². The smallest absolute Gasteiger partial charge is 0.332 e. The Bertz CT molecular complexity index is 1450.